The summed E-state index contributed by atoms with van der Waals surface area (Å²) in [6.45, 7) is 0.441. The molecule has 0 aliphatic rings. The van der Waals surface area contributed by atoms with Crippen molar-refractivity contribution in [1.82, 2.24) is 14.7 Å². The van der Waals surface area contributed by atoms with Crippen molar-refractivity contribution in [3.05, 3.63) is 47.8 Å². The van der Waals surface area contributed by atoms with E-state index in [-0.39, 0.29) is 5.91 Å². The second-order valence-corrected chi connectivity index (χ2v) is 4.93. The quantitative estimate of drug-likeness (QED) is 0.893. The van der Waals surface area contributed by atoms with Crippen LogP contribution >= 0.6 is 0 Å². The van der Waals surface area contributed by atoms with Gasteiger partial charge in [-0.3, -0.25) is 9.48 Å². The van der Waals surface area contributed by atoms with Crippen LogP contribution in [0.5, 0.6) is 5.75 Å². The summed E-state index contributed by atoms with van der Waals surface area (Å²) in [6, 6.07) is 6.90. The maximum atomic E-state index is 12.4. The van der Waals surface area contributed by atoms with Crippen LogP contribution in [0.1, 0.15) is 17.2 Å². The molecule has 1 aromatic carbocycles. The Morgan fingerprint density at radius 2 is 2.19 bits per heavy atom. The first-order chi connectivity index (χ1) is 10.0. The van der Waals surface area contributed by atoms with Gasteiger partial charge < -0.3 is 15.4 Å². The number of rotatable bonds is 5. The van der Waals surface area contributed by atoms with Crippen LogP contribution in [-0.2, 0) is 18.4 Å². The molecular weight excluding hydrogens is 268 g/mol. The van der Waals surface area contributed by atoms with Crippen molar-refractivity contribution in [3.63, 3.8) is 0 Å². The number of likely N-dealkylation sites (N-methyl/N-ethyl adjacent to an activating group) is 1. The van der Waals surface area contributed by atoms with Gasteiger partial charge in [-0.2, -0.15) is 5.10 Å². The number of nitrogens with two attached hydrogens (primary N) is 1. The molecule has 0 aliphatic heterocycles. The average Bonchev–Trinajstić information content (AvgIpc) is 2.92. The van der Waals surface area contributed by atoms with E-state index in [4.69, 9.17) is 10.5 Å². The number of carbonyl (C=O) groups excluding carboxylic acids is 1. The molecule has 0 saturated carbocycles. The van der Waals surface area contributed by atoms with Gasteiger partial charge >= 0.3 is 0 Å². The normalized spacial score (nSPS) is 12.0. The van der Waals surface area contributed by atoms with E-state index in [0.29, 0.717) is 12.1 Å². The van der Waals surface area contributed by atoms with Gasteiger partial charge in [0.05, 0.1) is 13.3 Å². The predicted octanol–water partition coefficient (Wildman–Crippen LogP) is 1.09. The molecule has 2 rings (SSSR count). The fourth-order valence-electron chi connectivity index (χ4n) is 2.15. The number of aromatic nitrogens is 2. The number of amides is 1. The molecule has 1 amide bonds. The highest BCUT2D eigenvalue weighted by Crippen LogP contribution is 2.20. The van der Waals surface area contributed by atoms with Gasteiger partial charge in [0.25, 0.3) is 0 Å². The average molecular weight is 288 g/mol. The van der Waals surface area contributed by atoms with Crippen LogP contribution in [0.2, 0.25) is 0 Å². The van der Waals surface area contributed by atoms with Gasteiger partial charge in [0.2, 0.25) is 5.91 Å². The summed E-state index contributed by atoms with van der Waals surface area (Å²) >= 11 is 0. The number of hydrogen-bond donors (Lipinski definition) is 1. The molecule has 6 heteroatoms. The predicted molar refractivity (Wildman–Crippen MR) is 79.6 cm³/mol. The van der Waals surface area contributed by atoms with Crippen molar-refractivity contribution >= 4 is 5.91 Å². The van der Waals surface area contributed by atoms with Crippen molar-refractivity contribution in [2.45, 2.75) is 12.6 Å². The molecule has 0 bridgehead atoms. The van der Waals surface area contributed by atoms with E-state index in [9.17, 15) is 4.79 Å². The zero-order valence-electron chi connectivity index (χ0n) is 12.5. The highest BCUT2D eigenvalue weighted by atomic mass is 16.5. The summed E-state index contributed by atoms with van der Waals surface area (Å²) < 4.78 is 6.92. The topological polar surface area (TPSA) is 73.4 Å². The third-order valence-corrected chi connectivity index (χ3v) is 3.33. The minimum atomic E-state index is -0.710. The van der Waals surface area contributed by atoms with Gasteiger partial charge in [-0.1, -0.05) is 18.2 Å². The monoisotopic (exact) mass is 288 g/mol. The fourth-order valence-corrected chi connectivity index (χ4v) is 2.15. The molecule has 2 N–H and O–H groups in total. The van der Waals surface area contributed by atoms with E-state index in [1.807, 2.05) is 24.3 Å². The SMILES string of the molecule is COc1ccccc1CN(C)C(=O)C(N)c1cnn(C)c1. The largest absolute Gasteiger partial charge is 0.496 e. The number of methoxy groups -OCH3 is 1. The number of benzene rings is 1. The number of hydrogen-bond acceptors (Lipinski definition) is 4. The number of carbonyl (C=O) groups is 1. The summed E-state index contributed by atoms with van der Waals surface area (Å²) in [6.07, 6.45) is 3.36. The molecule has 21 heavy (non-hydrogen) atoms. The van der Waals surface area contributed by atoms with E-state index in [1.54, 1.807) is 43.2 Å². The van der Waals surface area contributed by atoms with Crippen LogP contribution in [0.25, 0.3) is 0 Å². The molecule has 2 aromatic rings. The number of aryl methyl sites for hydroxylation is 1. The van der Waals surface area contributed by atoms with Crippen molar-refractivity contribution < 1.29 is 9.53 Å². The smallest absolute Gasteiger partial charge is 0.244 e. The van der Waals surface area contributed by atoms with Crippen molar-refractivity contribution in [3.8, 4) is 5.75 Å². The number of para-hydroxylation sites is 1. The Morgan fingerprint density at radius 3 is 2.81 bits per heavy atom. The van der Waals surface area contributed by atoms with Gasteiger partial charge in [-0.25, -0.2) is 0 Å². The highest BCUT2D eigenvalue weighted by Gasteiger charge is 2.21. The second kappa shape index (κ2) is 6.41. The first-order valence-electron chi connectivity index (χ1n) is 6.64. The Labute approximate surface area is 124 Å². The van der Waals surface area contributed by atoms with Crippen LogP contribution in [0.3, 0.4) is 0 Å². The Morgan fingerprint density at radius 1 is 1.48 bits per heavy atom. The minimum absolute atomic E-state index is 0.158. The van der Waals surface area contributed by atoms with Gasteiger partial charge in [-0.05, 0) is 6.07 Å². The Bertz CT molecular complexity index is 624. The summed E-state index contributed by atoms with van der Waals surface area (Å²) in [4.78, 5) is 14.0. The standard InChI is InChI=1S/C15H20N4O2/c1-18(9-11-6-4-5-7-13(11)21-3)15(20)14(16)12-8-17-19(2)10-12/h4-8,10,14H,9,16H2,1-3H3. The molecular formula is C15H20N4O2. The summed E-state index contributed by atoms with van der Waals surface area (Å²) in [5.41, 5.74) is 7.64. The van der Waals surface area contributed by atoms with Crippen molar-refractivity contribution in [2.24, 2.45) is 12.8 Å². The second-order valence-electron chi connectivity index (χ2n) is 4.93. The zero-order valence-corrected chi connectivity index (χ0v) is 12.5. The molecule has 0 aliphatic carbocycles. The summed E-state index contributed by atoms with van der Waals surface area (Å²) in [5, 5.41) is 4.04. The summed E-state index contributed by atoms with van der Waals surface area (Å²) in [5.74, 6) is 0.598. The lowest BCUT2D eigenvalue weighted by atomic mass is 10.1. The molecule has 112 valence electrons. The third kappa shape index (κ3) is 3.41. The van der Waals surface area contributed by atoms with E-state index < -0.39 is 6.04 Å². The van der Waals surface area contributed by atoms with Crippen LogP contribution in [0.4, 0.5) is 0 Å². The van der Waals surface area contributed by atoms with E-state index in [0.717, 1.165) is 11.3 Å². The summed E-state index contributed by atoms with van der Waals surface area (Å²) in [7, 11) is 5.13. The Hall–Kier alpha value is -2.34. The highest BCUT2D eigenvalue weighted by molar-refractivity contribution is 5.82. The van der Waals surface area contributed by atoms with Crippen LogP contribution in [-0.4, -0.2) is 34.7 Å². The van der Waals surface area contributed by atoms with Gasteiger partial charge in [0.15, 0.2) is 0 Å². The minimum Gasteiger partial charge on any atom is -0.496 e. The molecule has 0 saturated heterocycles. The van der Waals surface area contributed by atoms with E-state index in [2.05, 4.69) is 5.10 Å². The molecule has 1 heterocycles. The van der Waals surface area contributed by atoms with Gasteiger partial charge in [-0.15, -0.1) is 0 Å². The van der Waals surface area contributed by atoms with Crippen molar-refractivity contribution in [2.75, 3.05) is 14.2 Å². The Kier molecular flexibility index (Phi) is 4.59. The maximum absolute atomic E-state index is 12.4. The van der Waals surface area contributed by atoms with Gasteiger partial charge in [0, 0.05) is 38.0 Å². The zero-order chi connectivity index (χ0) is 15.4. The lowest BCUT2D eigenvalue weighted by molar-refractivity contribution is -0.132. The first kappa shape index (κ1) is 15.1. The molecule has 1 unspecified atom stereocenters. The van der Waals surface area contributed by atoms with Crippen molar-refractivity contribution in [1.29, 1.82) is 0 Å². The number of nitrogens with zero attached hydrogens (tertiary/aromatic N) is 3. The molecule has 0 radical (unpaired) electrons. The Balaban J connectivity index is 2.09. The fraction of sp³-hybridized carbons (Fsp3) is 0.333. The van der Waals surface area contributed by atoms with Crippen LogP contribution in [0, 0.1) is 0 Å². The molecule has 0 fully saturated rings. The van der Waals surface area contributed by atoms with E-state index in [1.165, 1.54) is 0 Å². The van der Waals surface area contributed by atoms with E-state index >= 15 is 0 Å². The molecule has 1 aromatic heterocycles. The lowest BCUT2D eigenvalue weighted by Gasteiger charge is -2.21. The van der Waals surface area contributed by atoms with Crippen LogP contribution < -0.4 is 10.5 Å². The number of ether oxygens (including phenoxy) is 1. The molecule has 6 nitrogen and oxygen atoms in total. The van der Waals surface area contributed by atoms with Crippen LogP contribution in [0.15, 0.2) is 36.7 Å². The molecule has 0 spiro atoms. The maximum Gasteiger partial charge on any atom is 0.244 e. The van der Waals surface area contributed by atoms with Gasteiger partial charge in [0.1, 0.15) is 11.8 Å². The molecule has 1 atom stereocenters. The lowest BCUT2D eigenvalue weighted by Crippen LogP contribution is -2.35. The third-order valence-electron chi connectivity index (χ3n) is 3.33. The first-order valence-corrected chi connectivity index (χ1v) is 6.64.